The van der Waals surface area contributed by atoms with Gasteiger partial charge in [-0.1, -0.05) is 0 Å². The van der Waals surface area contributed by atoms with E-state index in [2.05, 4.69) is 18.7 Å². The van der Waals surface area contributed by atoms with Crippen molar-refractivity contribution in [3.05, 3.63) is 29.6 Å². The van der Waals surface area contributed by atoms with Gasteiger partial charge in [-0.2, -0.15) is 11.8 Å². The molecule has 0 unspecified atom stereocenters. The maximum Gasteiger partial charge on any atom is 0.150 e. The molecule has 1 aromatic carbocycles. The highest BCUT2D eigenvalue weighted by Crippen LogP contribution is 2.33. The van der Waals surface area contributed by atoms with Crippen LogP contribution in [0, 0.1) is 5.82 Å². The predicted molar refractivity (Wildman–Crippen MR) is 70.5 cm³/mol. The van der Waals surface area contributed by atoms with Gasteiger partial charge >= 0.3 is 0 Å². The molecule has 2 rings (SSSR count). The van der Waals surface area contributed by atoms with Crippen LogP contribution in [0.1, 0.15) is 24.2 Å². The smallest absolute Gasteiger partial charge is 0.150 e. The van der Waals surface area contributed by atoms with Crippen LogP contribution in [-0.4, -0.2) is 29.9 Å². The van der Waals surface area contributed by atoms with Gasteiger partial charge in [-0.3, -0.25) is 4.79 Å². The fourth-order valence-electron chi connectivity index (χ4n) is 2.08. The van der Waals surface area contributed by atoms with Crippen LogP contribution in [0.15, 0.2) is 18.2 Å². The number of anilines is 1. The number of benzene rings is 1. The molecule has 1 heterocycles. The summed E-state index contributed by atoms with van der Waals surface area (Å²) in [5, 5.41) is 0. The molecule has 0 atom stereocenters. The predicted octanol–water partition coefficient (Wildman–Crippen LogP) is 2.97. The van der Waals surface area contributed by atoms with E-state index in [1.54, 1.807) is 12.1 Å². The second-order valence-corrected chi connectivity index (χ2v) is 6.66. The molecule has 1 aliphatic heterocycles. The first kappa shape index (κ1) is 12.4. The maximum atomic E-state index is 13.9. The van der Waals surface area contributed by atoms with E-state index >= 15 is 0 Å². The van der Waals surface area contributed by atoms with E-state index in [1.807, 2.05) is 11.8 Å². The number of halogens is 1. The van der Waals surface area contributed by atoms with E-state index in [9.17, 15) is 9.18 Å². The molecule has 1 saturated heterocycles. The summed E-state index contributed by atoms with van der Waals surface area (Å²) in [6.45, 7) is 6.02. The molecule has 0 spiro atoms. The average Bonchev–Trinajstić information content (AvgIpc) is 2.27. The molecule has 0 aliphatic carbocycles. The first-order chi connectivity index (χ1) is 8.02. The molecule has 2 nitrogen and oxygen atoms in total. The Hall–Kier alpha value is -1.03. The lowest BCUT2D eigenvalue weighted by Gasteiger charge is -2.39. The Morgan fingerprint density at radius 1 is 1.47 bits per heavy atom. The number of thioether (sulfide) groups is 1. The zero-order valence-corrected chi connectivity index (χ0v) is 10.9. The molecule has 1 fully saturated rings. The molecule has 92 valence electrons. The van der Waals surface area contributed by atoms with Gasteiger partial charge in [0.05, 0.1) is 5.69 Å². The number of hydrogen-bond donors (Lipinski definition) is 0. The monoisotopic (exact) mass is 253 g/mol. The standard InChI is InChI=1S/C13H16FNOS/c1-13(2)9-15(5-6-17-13)12-4-3-10(8-16)7-11(12)14/h3-4,7-8H,5-6,9H2,1-2H3. The first-order valence-corrected chi connectivity index (χ1v) is 6.64. The zero-order chi connectivity index (χ0) is 12.5. The third-order valence-electron chi connectivity index (χ3n) is 2.87. The normalized spacial score (nSPS) is 19.1. The van der Waals surface area contributed by atoms with Crippen molar-refractivity contribution in [2.24, 2.45) is 0 Å². The molecule has 4 heteroatoms. The van der Waals surface area contributed by atoms with Crippen molar-refractivity contribution >= 4 is 23.7 Å². The topological polar surface area (TPSA) is 20.3 Å². The van der Waals surface area contributed by atoms with E-state index < -0.39 is 0 Å². The Kier molecular flexibility index (Phi) is 3.43. The molecule has 0 N–H and O–H groups in total. The van der Waals surface area contributed by atoms with Crippen molar-refractivity contribution in [3.63, 3.8) is 0 Å². The summed E-state index contributed by atoms with van der Waals surface area (Å²) >= 11 is 1.91. The van der Waals surface area contributed by atoms with Crippen LogP contribution in [0.5, 0.6) is 0 Å². The highest BCUT2D eigenvalue weighted by molar-refractivity contribution is 8.00. The molecule has 0 aromatic heterocycles. The second kappa shape index (κ2) is 4.69. The Morgan fingerprint density at radius 3 is 2.82 bits per heavy atom. The number of aldehydes is 1. The summed E-state index contributed by atoms with van der Waals surface area (Å²) in [5.41, 5.74) is 0.987. The fraction of sp³-hybridized carbons (Fsp3) is 0.462. The lowest BCUT2D eigenvalue weighted by Crippen LogP contribution is -2.43. The highest BCUT2D eigenvalue weighted by atomic mass is 32.2. The Labute approximate surface area is 105 Å². The van der Waals surface area contributed by atoms with Crippen LogP contribution in [0.3, 0.4) is 0 Å². The van der Waals surface area contributed by atoms with Gasteiger partial charge in [0.15, 0.2) is 0 Å². The number of rotatable bonds is 2. The summed E-state index contributed by atoms with van der Waals surface area (Å²) in [5.74, 6) is 0.694. The van der Waals surface area contributed by atoms with E-state index in [0.717, 1.165) is 18.8 Å². The summed E-state index contributed by atoms with van der Waals surface area (Å²) < 4.78 is 14.0. The lowest BCUT2D eigenvalue weighted by molar-refractivity contribution is 0.112. The minimum Gasteiger partial charge on any atom is -0.367 e. The minimum atomic E-state index is -0.308. The van der Waals surface area contributed by atoms with Crippen molar-refractivity contribution in [3.8, 4) is 0 Å². The largest absolute Gasteiger partial charge is 0.367 e. The van der Waals surface area contributed by atoms with Crippen LogP contribution < -0.4 is 4.90 Å². The summed E-state index contributed by atoms with van der Waals surface area (Å²) in [6, 6.07) is 4.67. The van der Waals surface area contributed by atoms with Gasteiger partial charge in [-0.25, -0.2) is 4.39 Å². The van der Waals surface area contributed by atoms with Gasteiger partial charge in [0, 0.05) is 29.2 Å². The van der Waals surface area contributed by atoms with Gasteiger partial charge in [-0.15, -0.1) is 0 Å². The van der Waals surface area contributed by atoms with Gasteiger partial charge in [0.25, 0.3) is 0 Å². The Bertz CT molecular complexity index is 433. The van der Waals surface area contributed by atoms with Crippen LogP contribution in [0.2, 0.25) is 0 Å². The molecule has 0 radical (unpaired) electrons. The second-order valence-electron chi connectivity index (χ2n) is 4.86. The third-order valence-corrected chi connectivity index (χ3v) is 4.17. The van der Waals surface area contributed by atoms with E-state index in [4.69, 9.17) is 0 Å². The molecular weight excluding hydrogens is 237 g/mol. The van der Waals surface area contributed by atoms with Crippen LogP contribution in [-0.2, 0) is 0 Å². The molecule has 0 bridgehead atoms. The number of carbonyl (C=O) groups is 1. The number of hydrogen-bond acceptors (Lipinski definition) is 3. The van der Waals surface area contributed by atoms with Crippen molar-refractivity contribution in [2.75, 3.05) is 23.7 Å². The summed E-state index contributed by atoms with van der Waals surface area (Å²) in [4.78, 5) is 12.6. The Balaban J connectivity index is 2.25. The van der Waals surface area contributed by atoms with Gasteiger partial charge in [0.2, 0.25) is 0 Å². The van der Waals surface area contributed by atoms with E-state index in [-0.39, 0.29) is 10.6 Å². The quantitative estimate of drug-likeness (QED) is 0.756. The van der Waals surface area contributed by atoms with Crippen molar-refractivity contribution in [1.82, 2.24) is 0 Å². The fourth-order valence-corrected chi connectivity index (χ4v) is 3.19. The summed E-state index contributed by atoms with van der Waals surface area (Å²) in [7, 11) is 0. The van der Waals surface area contributed by atoms with E-state index in [0.29, 0.717) is 17.5 Å². The Morgan fingerprint density at radius 2 is 2.24 bits per heavy atom. The van der Waals surface area contributed by atoms with Crippen LogP contribution in [0.4, 0.5) is 10.1 Å². The molecule has 1 aliphatic rings. The maximum absolute atomic E-state index is 13.9. The SMILES string of the molecule is CC1(C)CN(c2ccc(C=O)cc2F)CCS1. The zero-order valence-electron chi connectivity index (χ0n) is 10.1. The number of carbonyl (C=O) groups excluding carboxylic acids is 1. The number of nitrogens with zero attached hydrogens (tertiary/aromatic N) is 1. The van der Waals surface area contributed by atoms with Gasteiger partial charge in [-0.05, 0) is 32.0 Å². The van der Waals surface area contributed by atoms with Crippen molar-refractivity contribution < 1.29 is 9.18 Å². The van der Waals surface area contributed by atoms with E-state index in [1.165, 1.54) is 6.07 Å². The highest BCUT2D eigenvalue weighted by Gasteiger charge is 2.28. The molecule has 0 amide bonds. The molecule has 0 saturated carbocycles. The van der Waals surface area contributed by atoms with Crippen molar-refractivity contribution in [2.45, 2.75) is 18.6 Å². The molecular formula is C13H16FNOS. The van der Waals surface area contributed by atoms with Gasteiger partial charge in [0.1, 0.15) is 12.1 Å². The van der Waals surface area contributed by atoms with Gasteiger partial charge < -0.3 is 4.90 Å². The molecule has 17 heavy (non-hydrogen) atoms. The average molecular weight is 253 g/mol. The summed E-state index contributed by atoms with van der Waals surface area (Å²) in [6.07, 6.45) is 0.669. The third kappa shape index (κ3) is 2.80. The first-order valence-electron chi connectivity index (χ1n) is 5.65. The van der Waals surface area contributed by atoms with Crippen LogP contribution in [0.25, 0.3) is 0 Å². The van der Waals surface area contributed by atoms with Crippen LogP contribution >= 0.6 is 11.8 Å². The molecule has 1 aromatic rings. The lowest BCUT2D eigenvalue weighted by atomic mass is 10.1. The van der Waals surface area contributed by atoms with Crippen molar-refractivity contribution in [1.29, 1.82) is 0 Å². The minimum absolute atomic E-state index is 0.147.